The molecule has 30 heavy (non-hydrogen) atoms. The molecule has 150 valence electrons. The largest absolute Gasteiger partial charge is 0.368 e. The zero-order valence-corrected chi connectivity index (χ0v) is 15.8. The van der Waals surface area contributed by atoms with Crippen LogP contribution in [0.4, 0.5) is 4.79 Å². The summed E-state index contributed by atoms with van der Waals surface area (Å²) in [5, 5.41) is 2.57. The Morgan fingerprint density at radius 2 is 1.70 bits per heavy atom. The summed E-state index contributed by atoms with van der Waals surface area (Å²) in [5.41, 5.74) is 6.98. The molecule has 0 saturated carbocycles. The topological polar surface area (TPSA) is 125 Å². The quantitative estimate of drug-likeness (QED) is 0.522. The third-order valence-electron chi connectivity index (χ3n) is 4.66. The van der Waals surface area contributed by atoms with Gasteiger partial charge in [0.2, 0.25) is 5.91 Å². The maximum absolute atomic E-state index is 13.1. The molecule has 9 nitrogen and oxygen atoms in total. The molecular formula is C21H18N6O3. The highest BCUT2D eigenvalue weighted by atomic mass is 16.2. The van der Waals surface area contributed by atoms with Crippen molar-refractivity contribution in [1.82, 2.24) is 24.4 Å². The third-order valence-corrected chi connectivity index (χ3v) is 4.66. The first kappa shape index (κ1) is 19.1. The van der Waals surface area contributed by atoms with Gasteiger partial charge < -0.3 is 11.1 Å². The maximum Gasteiger partial charge on any atom is 0.337 e. The second-order valence-electron chi connectivity index (χ2n) is 6.59. The minimum Gasteiger partial charge on any atom is -0.368 e. The first-order valence-corrected chi connectivity index (χ1v) is 9.16. The van der Waals surface area contributed by atoms with Crippen molar-refractivity contribution in [2.75, 3.05) is 0 Å². The lowest BCUT2D eigenvalue weighted by Crippen LogP contribution is -2.43. The summed E-state index contributed by atoms with van der Waals surface area (Å²) >= 11 is 0. The van der Waals surface area contributed by atoms with E-state index in [1.165, 1.54) is 17.0 Å². The van der Waals surface area contributed by atoms with E-state index in [1.54, 1.807) is 60.8 Å². The number of para-hydroxylation sites is 2. The molecule has 0 spiro atoms. The van der Waals surface area contributed by atoms with Crippen molar-refractivity contribution >= 4 is 23.0 Å². The highest BCUT2D eigenvalue weighted by molar-refractivity contribution is 5.93. The molecular weight excluding hydrogens is 384 g/mol. The first-order chi connectivity index (χ1) is 14.6. The number of hydrogen-bond acceptors (Lipinski definition) is 5. The summed E-state index contributed by atoms with van der Waals surface area (Å²) in [6.07, 6.45) is 4.62. The molecule has 2 aromatic carbocycles. The molecule has 3 N–H and O–H groups in total. The van der Waals surface area contributed by atoms with Gasteiger partial charge in [-0.3, -0.25) is 19.3 Å². The summed E-state index contributed by atoms with van der Waals surface area (Å²) in [7, 11) is 0. The van der Waals surface area contributed by atoms with Crippen molar-refractivity contribution in [1.29, 1.82) is 0 Å². The molecule has 0 aliphatic carbocycles. The number of hydrogen-bond donors (Lipinski definition) is 2. The molecule has 2 aromatic heterocycles. The summed E-state index contributed by atoms with van der Waals surface area (Å²) in [6, 6.07) is 13.7. The lowest BCUT2D eigenvalue weighted by atomic mass is 10.1. The SMILES string of the molecule is NC(=O)[C@@H](NC(=O)n1c(=O)n(Cc2cnccn2)c2ccccc21)c1ccccc1. The molecule has 0 aliphatic heterocycles. The Labute approximate surface area is 170 Å². The van der Waals surface area contributed by atoms with E-state index in [0.29, 0.717) is 22.3 Å². The molecule has 0 unspecified atom stereocenters. The van der Waals surface area contributed by atoms with E-state index in [9.17, 15) is 14.4 Å². The van der Waals surface area contributed by atoms with Crippen LogP contribution in [0.15, 0.2) is 78.0 Å². The number of amides is 2. The zero-order valence-electron chi connectivity index (χ0n) is 15.8. The maximum atomic E-state index is 13.1. The van der Waals surface area contributed by atoms with Gasteiger partial charge in [-0.25, -0.2) is 14.2 Å². The van der Waals surface area contributed by atoms with E-state index in [4.69, 9.17) is 5.73 Å². The molecule has 9 heteroatoms. The fourth-order valence-corrected chi connectivity index (χ4v) is 3.28. The van der Waals surface area contributed by atoms with Gasteiger partial charge in [0.1, 0.15) is 6.04 Å². The number of fused-ring (bicyclic) bond motifs is 1. The van der Waals surface area contributed by atoms with Crippen LogP contribution < -0.4 is 16.7 Å². The summed E-state index contributed by atoms with van der Waals surface area (Å²) < 4.78 is 2.42. The number of carbonyl (C=O) groups excluding carboxylic acids is 2. The van der Waals surface area contributed by atoms with Gasteiger partial charge in [0.25, 0.3) is 0 Å². The normalized spacial score (nSPS) is 11.9. The van der Waals surface area contributed by atoms with Crippen molar-refractivity contribution in [2.24, 2.45) is 5.73 Å². The number of imidazole rings is 1. The number of nitrogens with two attached hydrogens (primary N) is 1. The van der Waals surface area contributed by atoms with Gasteiger partial charge >= 0.3 is 11.7 Å². The van der Waals surface area contributed by atoms with Crippen LogP contribution in [0.25, 0.3) is 11.0 Å². The fraction of sp³-hybridized carbons (Fsp3) is 0.0952. The molecule has 0 radical (unpaired) electrons. The Balaban J connectivity index is 1.75. The Morgan fingerprint density at radius 3 is 2.37 bits per heavy atom. The monoisotopic (exact) mass is 402 g/mol. The number of nitrogens with one attached hydrogen (secondary N) is 1. The molecule has 2 amide bonds. The number of primary amides is 1. The van der Waals surface area contributed by atoms with Crippen molar-refractivity contribution < 1.29 is 9.59 Å². The second kappa shape index (κ2) is 8.00. The minimum absolute atomic E-state index is 0.144. The van der Waals surface area contributed by atoms with Gasteiger partial charge in [-0.2, -0.15) is 0 Å². The average molecular weight is 402 g/mol. The van der Waals surface area contributed by atoms with E-state index in [2.05, 4.69) is 15.3 Å². The van der Waals surface area contributed by atoms with Crippen LogP contribution in [0.1, 0.15) is 17.3 Å². The van der Waals surface area contributed by atoms with Gasteiger partial charge in [-0.1, -0.05) is 42.5 Å². The third kappa shape index (κ3) is 3.55. The summed E-state index contributed by atoms with van der Waals surface area (Å²) in [6.45, 7) is 0.144. The van der Waals surface area contributed by atoms with Crippen LogP contribution in [0.5, 0.6) is 0 Å². The number of rotatable bonds is 5. The smallest absolute Gasteiger partial charge is 0.337 e. The Morgan fingerprint density at radius 1 is 1.00 bits per heavy atom. The molecule has 0 aliphatic rings. The second-order valence-corrected chi connectivity index (χ2v) is 6.59. The zero-order chi connectivity index (χ0) is 21.1. The van der Waals surface area contributed by atoms with Crippen LogP contribution in [-0.2, 0) is 11.3 Å². The van der Waals surface area contributed by atoms with E-state index in [-0.39, 0.29) is 6.54 Å². The van der Waals surface area contributed by atoms with Gasteiger partial charge in [0.15, 0.2) is 0 Å². The van der Waals surface area contributed by atoms with Crippen molar-refractivity contribution in [3.05, 3.63) is 94.9 Å². The minimum atomic E-state index is -1.08. The van der Waals surface area contributed by atoms with Crippen molar-refractivity contribution in [2.45, 2.75) is 12.6 Å². The molecule has 4 rings (SSSR count). The molecule has 4 aromatic rings. The van der Waals surface area contributed by atoms with Crippen molar-refractivity contribution in [3.63, 3.8) is 0 Å². The highest BCUT2D eigenvalue weighted by Gasteiger charge is 2.24. The summed E-state index contributed by atoms with van der Waals surface area (Å²) in [4.78, 5) is 46.3. The van der Waals surface area contributed by atoms with E-state index >= 15 is 0 Å². The lowest BCUT2D eigenvalue weighted by Gasteiger charge is -2.16. The predicted molar refractivity (Wildman–Crippen MR) is 110 cm³/mol. The Kier molecular flexibility index (Phi) is 5.08. The fourth-order valence-electron chi connectivity index (χ4n) is 3.28. The van der Waals surface area contributed by atoms with Crippen LogP contribution >= 0.6 is 0 Å². The molecule has 2 heterocycles. The number of aromatic nitrogens is 4. The molecule has 1 atom stereocenters. The van der Waals surface area contributed by atoms with Crippen LogP contribution in [0.3, 0.4) is 0 Å². The molecule has 0 saturated heterocycles. The van der Waals surface area contributed by atoms with Crippen molar-refractivity contribution in [3.8, 4) is 0 Å². The standard InChI is InChI=1S/C21H18N6O3/c22-19(28)18(14-6-2-1-3-7-14)25-20(29)27-17-9-5-4-8-16(17)26(21(27)30)13-15-12-23-10-11-24-15/h1-12,18H,13H2,(H2,22,28)(H,25,29)/t18-/m0/s1. The van der Waals surface area contributed by atoms with Gasteiger partial charge in [0.05, 0.1) is 29.5 Å². The number of benzene rings is 2. The average Bonchev–Trinajstić information content (AvgIpc) is 3.04. The van der Waals surface area contributed by atoms with Gasteiger partial charge in [0, 0.05) is 12.4 Å². The first-order valence-electron chi connectivity index (χ1n) is 9.16. The van der Waals surface area contributed by atoms with E-state index in [0.717, 1.165) is 4.57 Å². The van der Waals surface area contributed by atoms with E-state index < -0.39 is 23.7 Å². The van der Waals surface area contributed by atoms with Crippen LogP contribution in [0.2, 0.25) is 0 Å². The highest BCUT2D eigenvalue weighted by Crippen LogP contribution is 2.16. The number of carbonyl (C=O) groups is 2. The van der Waals surface area contributed by atoms with Crippen LogP contribution in [-0.4, -0.2) is 31.0 Å². The van der Waals surface area contributed by atoms with Gasteiger partial charge in [-0.15, -0.1) is 0 Å². The summed E-state index contributed by atoms with van der Waals surface area (Å²) in [5.74, 6) is -0.731. The van der Waals surface area contributed by atoms with Gasteiger partial charge in [-0.05, 0) is 17.7 Å². The molecule has 0 fully saturated rings. The lowest BCUT2D eigenvalue weighted by molar-refractivity contribution is -0.119. The predicted octanol–water partition coefficient (Wildman–Crippen LogP) is 1.43. The number of nitrogens with zero attached hydrogens (tertiary/aromatic N) is 4. The Hall–Kier alpha value is -4.27. The van der Waals surface area contributed by atoms with Crippen LogP contribution in [0, 0.1) is 0 Å². The van der Waals surface area contributed by atoms with E-state index in [1.807, 2.05) is 0 Å². The molecule has 0 bridgehead atoms. The Bertz CT molecular complexity index is 1260.